The SMILES string of the molecule is Cc1cn(CCCN(Cc2ccccc2)C(=O)[C@H]2CN(C3c4ncccc4CCc4cccc(Cl)c43)CCN2C(=O)OC2CCCCC2)cn1. The molecule has 2 fully saturated rings. The second-order valence-corrected chi connectivity index (χ2v) is 14.4. The minimum absolute atomic E-state index is 0.0739. The summed E-state index contributed by atoms with van der Waals surface area (Å²) in [6.07, 6.45) is 12.7. The number of nitrogens with zero attached hydrogens (tertiary/aromatic N) is 6. The van der Waals surface area contributed by atoms with Crippen molar-refractivity contribution in [1.82, 2.24) is 29.2 Å². The number of hydrogen-bond acceptors (Lipinski definition) is 6. The smallest absolute Gasteiger partial charge is 0.410 e. The van der Waals surface area contributed by atoms with Crippen molar-refractivity contribution in [3.63, 3.8) is 0 Å². The average Bonchev–Trinajstić information content (AvgIpc) is 3.48. The Kier molecular flexibility index (Phi) is 10.8. The first-order chi connectivity index (χ1) is 24.4. The van der Waals surface area contributed by atoms with E-state index in [0.717, 1.165) is 74.0 Å². The molecule has 0 N–H and O–H groups in total. The largest absolute Gasteiger partial charge is 0.446 e. The summed E-state index contributed by atoms with van der Waals surface area (Å²) >= 11 is 7.01. The molecule has 50 heavy (non-hydrogen) atoms. The van der Waals surface area contributed by atoms with Gasteiger partial charge in [-0.05, 0) is 86.3 Å². The van der Waals surface area contributed by atoms with Gasteiger partial charge in [-0.3, -0.25) is 19.6 Å². The van der Waals surface area contributed by atoms with Crippen molar-refractivity contribution < 1.29 is 14.3 Å². The zero-order valence-corrected chi connectivity index (χ0v) is 29.7. The molecule has 7 rings (SSSR count). The molecule has 2 amide bonds. The van der Waals surface area contributed by atoms with E-state index in [1.54, 1.807) is 4.90 Å². The van der Waals surface area contributed by atoms with Gasteiger partial charge in [0, 0.05) is 56.7 Å². The molecular formula is C40H47ClN6O3. The summed E-state index contributed by atoms with van der Waals surface area (Å²) in [5.41, 5.74) is 6.42. The molecule has 2 aromatic carbocycles. The standard InChI is InChI=1S/C40H47ClN6O3/c1-29-25-44(28-43-29)21-10-22-46(26-30-11-4-2-5-12-30)39(48)35-27-45(23-24-47(35)40(49)50-33-15-6-3-7-16-33)38-36-31(13-8-17-34(36)41)18-19-32-14-9-20-42-37(32)38/h2,4-5,8-9,11-14,17,20,25,28,33,35,38H,3,6-7,10,15-16,18-19,21-24,26-27H2,1H3/t35-,38?/m1/s1. The molecule has 3 aliphatic rings. The number of benzene rings is 2. The molecule has 2 atom stereocenters. The van der Waals surface area contributed by atoms with Gasteiger partial charge in [-0.25, -0.2) is 9.78 Å². The Morgan fingerprint density at radius 3 is 2.54 bits per heavy atom. The van der Waals surface area contributed by atoms with Gasteiger partial charge < -0.3 is 14.2 Å². The molecule has 2 aromatic heterocycles. The normalized spacial score (nSPS) is 19.7. The van der Waals surface area contributed by atoms with E-state index in [0.29, 0.717) is 37.7 Å². The van der Waals surface area contributed by atoms with Crippen LogP contribution < -0.4 is 0 Å². The molecule has 3 heterocycles. The van der Waals surface area contributed by atoms with Crippen LogP contribution in [-0.2, 0) is 35.5 Å². The number of carbonyl (C=O) groups is 2. The Bertz CT molecular complexity index is 1770. The van der Waals surface area contributed by atoms with E-state index < -0.39 is 6.04 Å². The highest BCUT2D eigenvalue weighted by atomic mass is 35.5. The number of amides is 2. The molecule has 0 radical (unpaired) electrons. The lowest BCUT2D eigenvalue weighted by atomic mass is 9.95. The van der Waals surface area contributed by atoms with Crippen LogP contribution in [0.25, 0.3) is 0 Å². The molecule has 0 spiro atoms. The molecule has 0 bridgehead atoms. The van der Waals surface area contributed by atoms with Crippen molar-refractivity contribution in [1.29, 1.82) is 0 Å². The molecule has 1 saturated carbocycles. The van der Waals surface area contributed by atoms with Gasteiger partial charge in [-0.15, -0.1) is 0 Å². The number of halogens is 1. The van der Waals surface area contributed by atoms with Gasteiger partial charge in [0.1, 0.15) is 12.1 Å². The van der Waals surface area contributed by atoms with Crippen molar-refractivity contribution in [2.75, 3.05) is 26.2 Å². The van der Waals surface area contributed by atoms with Crippen molar-refractivity contribution in [2.45, 2.75) is 89.6 Å². The monoisotopic (exact) mass is 694 g/mol. The van der Waals surface area contributed by atoms with E-state index in [1.165, 1.54) is 17.5 Å². The highest BCUT2D eigenvalue weighted by Crippen LogP contribution is 2.40. The van der Waals surface area contributed by atoms with E-state index in [1.807, 2.05) is 66.9 Å². The van der Waals surface area contributed by atoms with E-state index >= 15 is 0 Å². The van der Waals surface area contributed by atoms with Crippen LogP contribution >= 0.6 is 11.6 Å². The van der Waals surface area contributed by atoms with Crippen LogP contribution in [0.4, 0.5) is 4.79 Å². The minimum Gasteiger partial charge on any atom is -0.446 e. The second kappa shape index (κ2) is 15.8. The Hall–Kier alpha value is -4.21. The topological polar surface area (TPSA) is 83.8 Å². The molecule has 1 saturated heterocycles. The van der Waals surface area contributed by atoms with Gasteiger partial charge in [-0.2, -0.15) is 0 Å². The van der Waals surface area contributed by atoms with Crippen LogP contribution in [0, 0.1) is 6.92 Å². The highest BCUT2D eigenvalue weighted by molar-refractivity contribution is 6.31. The maximum absolute atomic E-state index is 15.0. The summed E-state index contributed by atoms with van der Waals surface area (Å²) in [5.74, 6) is -0.0739. The van der Waals surface area contributed by atoms with Gasteiger partial charge >= 0.3 is 6.09 Å². The Labute approximate surface area is 300 Å². The summed E-state index contributed by atoms with van der Waals surface area (Å²) in [5, 5.41) is 0.702. The van der Waals surface area contributed by atoms with Gasteiger partial charge in [-0.1, -0.05) is 66.6 Å². The third kappa shape index (κ3) is 7.74. The van der Waals surface area contributed by atoms with E-state index in [2.05, 4.69) is 38.7 Å². The van der Waals surface area contributed by atoms with Gasteiger partial charge in [0.15, 0.2) is 0 Å². The molecule has 2 aliphatic carbocycles. The fraction of sp³-hybridized carbons (Fsp3) is 0.450. The quantitative estimate of drug-likeness (QED) is 0.188. The van der Waals surface area contributed by atoms with E-state index in [4.69, 9.17) is 21.3 Å². The highest BCUT2D eigenvalue weighted by Gasteiger charge is 2.43. The fourth-order valence-electron chi connectivity index (χ4n) is 7.96. The summed E-state index contributed by atoms with van der Waals surface area (Å²) < 4.78 is 8.20. The first-order valence-electron chi connectivity index (χ1n) is 18.2. The van der Waals surface area contributed by atoms with Crippen molar-refractivity contribution in [3.8, 4) is 0 Å². The van der Waals surface area contributed by atoms with Crippen molar-refractivity contribution >= 4 is 23.6 Å². The van der Waals surface area contributed by atoms with Crippen LogP contribution in [-0.4, -0.2) is 79.6 Å². The summed E-state index contributed by atoms with van der Waals surface area (Å²) in [6.45, 7) is 4.98. The number of fused-ring (bicyclic) bond motifs is 2. The number of aromatic nitrogens is 3. The fourth-order valence-corrected chi connectivity index (χ4v) is 8.26. The Morgan fingerprint density at radius 1 is 0.940 bits per heavy atom. The molecule has 1 unspecified atom stereocenters. The number of piperazine rings is 1. The lowest BCUT2D eigenvalue weighted by Crippen LogP contribution is -2.62. The zero-order chi connectivity index (χ0) is 34.5. The molecule has 9 nitrogen and oxygen atoms in total. The predicted octanol–water partition coefficient (Wildman–Crippen LogP) is 7.00. The summed E-state index contributed by atoms with van der Waals surface area (Å²) in [4.78, 5) is 44.3. The Morgan fingerprint density at radius 2 is 1.74 bits per heavy atom. The number of pyridine rings is 1. The van der Waals surface area contributed by atoms with Crippen LogP contribution in [0.2, 0.25) is 5.02 Å². The number of hydrogen-bond donors (Lipinski definition) is 0. The molecule has 1 aliphatic heterocycles. The lowest BCUT2D eigenvalue weighted by Gasteiger charge is -2.45. The summed E-state index contributed by atoms with van der Waals surface area (Å²) in [6, 6.07) is 19.4. The number of imidazole rings is 1. The zero-order valence-electron chi connectivity index (χ0n) is 28.9. The minimum atomic E-state index is -0.736. The maximum atomic E-state index is 15.0. The molecule has 10 heteroatoms. The van der Waals surface area contributed by atoms with Crippen LogP contribution in [0.3, 0.4) is 0 Å². The first-order valence-corrected chi connectivity index (χ1v) is 18.6. The molecular weight excluding hydrogens is 648 g/mol. The number of aryl methyl sites for hydroxylation is 4. The molecule has 262 valence electrons. The summed E-state index contributed by atoms with van der Waals surface area (Å²) in [7, 11) is 0. The Balaban J connectivity index is 1.21. The van der Waals surface area contributed by atoms with Crippen molar-refractivity contribution in [3.05, 3.63) is 118 Å². The molecule has 4 aromatic rings. The van der Waals surface area contributed by atoms with Crippen LogP contribution in [0.1, 0.15) is 78.2 Å². The number of carbonyl (C=O) groups excluding carboxylic acids is 2. The maximum Gasteiger partial charge on any atom is 0.410 e. The second-order valence-electron chi connectivity index (χ2n) is 14.0. The van der Waals surface area contributed by atoms with Gasteiger partial charge in [0.25, 0.3) is 0 Å². The lowest BCUT2D eigenvalue weighted by molar-refractivity contribution is -0.140. The van der Waals surface area contributed by atoms with Gasteiger partial charge in [0.05, 0.1) is 23.8 Å². The predicted molar refractivity (Wildman–Crippen MR) is 194 cm³/mol. The van der Waals surface area contributed by atoms with E-state index in [-0.39, 0.29) is 24.1 Å². The average molecular weight is 695 g/mol. The van der Waals surface area contributed by atoms with Crippen molar-refractivity contribution in [2.24, 2.45) is 0 Å². The van der Waals surface area contributed by atoms with Crippen LogP contribution in [0.15, 0.2) is 79.4 Å². The van der Waals surface area contributed by atoms with Crippen LogP contribution in [0.5, 0.6) is 0 Å². The third-order valence-corrected chi connectivity index (χ3v) is 10.8. The van der Waals surface area contributed by atoms with Gasteiger partial charge in [0.2, 0.25) is 5.91 Å². The first kappa shape index (κ1) is 34.2. The van der Waals surface area contributed by atoms with E-state index in [9.17, 15) is 9.59 Å². The number of rotatable bonds is 9. The number of ether oxygens (including phenoxy) is 1. The third-order valence-electron chi connectivity index (χ3n) is 10.5.